The Balaban J connectivity index is 1.56. The quantitative estimate of drug-likeness (QED) is 0.851. The number of allylic oxidation sites excluding steroid dienone is 1. The minimum atomic E-state index is -0.00773. The molecule has 1 aliphatic heterocycles. The van der Waals surface area contributed by atoms with Crippen molar-refractivity contribution in [2.24, 2.45) is 13.0 Å². The lowest BCUT2D eigenvalue weighted by molar-refractivity contribution is -0.116. The average molecular weight is 275 g/mol. The second-order valence-electron chi connectivity index (χ2n) is 5.64. The van der Waals surface area contributed by atoms with Crippen LogP contribution in [0.2, 0.25) is 0 Å². The van der Waals surface area contributed by atoms with Gasteiger partial charge in [-0.1, -0.05) is 5.57 Å². The van der Waals surface area contributed by atoms with E-state index in [1.54, 1.807) is 12.3 Å². The van der Waals surface area contributed by atoms with Gasteiger partial charge in [-0.05, 0) is 25.7 Å². The minimum Gasteiger partial charge on any atom is -0.370 e. The number of carbonyl (C=O) groups is 1. The van der Waals surface area contributed by atoms with Gasteiger partial charge in [0.25, 0.3) is 0 Å². The Morgan fingerprint density at radius 3 is 3.10 bits per heavy atom. The topological polar surface area (TPSA) is 56.1 Å². The van der Waals surface area contributed by atoms with Crippen molar-refractivity contribution in [2.45, 2.75) is 31.8 Å². The summed E-state index contributed by atoms with van der Waals surface area (Å²) >= 11 is 0. The summed E-state index contributed by atoms with van der Waals surface area (Å²) in [5.74, 6) is 1.28. The van der Waals surface area contributed by atoms with Crippen molar-refractivity contribution in [1.29, 1.82) is 0 Å². The Hall–Kier alpha value is -1.62. The highest BCUT2D eigenvalue weighted by atomic mass is 16.5. The lowest BCUT2D eigenvalue weighted by atomic mass is 9.92. The molecular weight excluding hydrogens is 254 g/mol. The Morgan fingerprint density at radius 2 is 2.45 bits per heavy atom. The van der Waals surface area contributed by atoms with Crippen LogP contribution in [0.3, 0.4) is 0 Å². The molecule has 2 atom stereocenters. The summed E-state index contributed by atoms with van der Waals surface area (Å²) in [4.78, 5) is 16.2. The van der Waals surface area contributed by atoms with Gasteiger partial charge >= 0.3 is 0 Å². The van der Waals surface area contributed by atoms with Gasteiger partial charge in [0.1, 0.15) is 11.9 Å². The first-order valence-corrected chi connectivity index (χ1v) is 7.30. The average Bonchev–Trinajstić information content (AvgIpc) is 2.99. The molecule has 5 nitrogen and oxygen atoms in total. The van der Waals surface area contributed by atoms with Crippen LogP contribution in [0.15, 0.2) is 24.0 Å². The standard InChI is InChI=1S/C15H21N3O2/c1-18-7-6-16-15(18)14-12(5-8-20-14)10-17-13(19)9-11-3-2-4-11/h6-7,9,12,14H,2-5,8,10H2,1H3,(H,17,19)/t12-,14+/m0/s1. The summed E-state index contributed by atoms with van der Waals surface area (Å²) in [6.45, 7) is 1.39. The van der Waals surface area contributed by atoms with Crippen LogP contribution in [-0.2, 0) is 16.6 Å². The van der Waals surface area contributed by atoms with E-state index >= 15 is 0 Å². The molecule has 108 valence electrons. The molecule has 3 rings (SSSR count). The number of rotatable bonds is 4. The molecule has 1 N–H and O–H groups in total. The summed E-state index contributed by atoms with van der Waals surface area (Å²) in [6.07, 6.45) is 9.81. The van der Waals surface area contributed by atoms with E-state index in [1.807, 2.05) is 17.8 Å². The lowest BCUT2D eigenvalue weighted by Gasteiger charge is -2.19. The van der Waals surface area contributed by atoms with E-state index in [9.17, 15) is 4.79 Å². The van der Waals surface area contributed by atoms with E-state index in [1.165, 1.54) is 12.0 Å². The first kappa shape index (κ1) is 13.4. The maximum absolute atomic E-state index is 11.8. The Bertz CT molecular complexity index is 515. The highest BCUT2D eigenvalue weighted by Crippen LogP contribution is 2.33. The third-order valence-corrected chi connectivity index (χ3v) is 4.20. The number of nitrogens with zero attached hydrogens (tertiary/aromatic N) is 2. The number of imidazole rings is 1. The molecule has 2 fully saturated rings. The monoisotopic (exact) mass is 275 g/mol. The molecule has 1 aromatic heterocycles. The highest BCUT2D eigenvalue weighted by molar-refractivity contribution is 5.88. The van der Waals surface area contributed by atoms with Crippen molar-refractivity contribution in [3.63, 3.8) is 0 Å². The van der Waals surface area contributed by atoms with Gasteiger partial charge < -0.3 is 14.6 Å². The third-order valence-electron chi connectivity index (χ3n) is 4.20. The molecule has 5 heteroatoms. The normalized spacial score (nSPS) is 25.4. The van der Waals surface area contributed by atoms with Gasteiger partial charge in [0.05, 0.1) is 0 Å². The second kappa shape index (κ2) is 5.79. The maximum atomic E-state index is 11.8. The summed E-state index contributed by atoms with van der Waals surface area (Å²) in [5, 5.41) is 3.00. The fraction of sp³-hybridized carbons (Fsp3) is 0.600. The fourth-order valence-corrected chi connectivity index (χ4v) is 2.77. The molecule has 20 heavy (non-hydrogen) atoms. The number of hydrogen-bond acceptors (Lipinski definition) is 3. The molecular formula is C15H21N3O2. The third kappa shape index (κ3) is 2.77. The summed E-state index contributed by atoms with van der Waals surface area (Å²) in [7, 11) is 1.97. The van der Waals surface area contributed by atoms with Crippen LogP contribution in [0.5, 0.6) is 0 Å². The van der Waals surface area contributed by atoms with Gasteiger partial charge in [-0.3, -0.25) is 4.79 Å². The molecule has 0 radical (unpaired) electrons. The van der Waals surface area contributed by atoms with E-state index in [-0.39, 0.29) is 12.0 Å². The predicted molar refractivity (Wildman–Crippen MR) is 75.0 cm³/mol. The van der Waals surface area contributed by atoms with E-state index in [0.29, 0.717) is 12.5 Å². The zero-order chi connectivity index (χ0) is 13.9. The number of ether oxygens (including phenoxy) is 1. The predicted octanol–water partition coefficient (Wildman–Crippen LogP) is 1.72. The molecule has 1 aliphatic carbocycles. The molecule has 1 saturated carbocycles. The Labute approximate surface area is 119 Å². The number of carbonyl (C=O) groups excluding carboxylic acids is 1. The molecule has 1 saturated heterocycles. The summed E-state index contributed by atoms with van der Waals surface area (Å²) in [6, 6.07) is 0. The van der Waals surface area contributed by atoms with Crippen molar-refractivity contribution >= 4 is 5.91 Å². The summed E-state index contributed by atoms with van der Waals surface area (Å²) < 4.78 is 7.77. The molecule has 0 aromatic carbocycles. The maximum Gasteiger partial charge on any atom is 0.243 e. The van der Waals surface area contributed by atoms with Crippen LogP contribution in [0.1, 0.15) is 37.6 Å². The van der Waals surface area contributed by atoms with E-state index in [4.69, 9.17) is 4.74 Å². The van der Waals surface area contributed by atoms with Crippen LogP contribution in [0.4, 0.5) is 0 Å². The van der Waals surface area contributed by atoms with Crippen molar-refractivity contribution in [1.82, 2.24) is 14.9 Å². The number of hydrogen-bond donors (Lipinski definition) is 1. The van der Waals surface area contributed by atoms with E-state index in [0.717, 1.165) is 31.7 Å². The fourth-order valence-electron chi connectivity index (χ4n) is 2.77. The van der Waals surface area contributed by atoms with Crippen LogP contribution < -0.4 is 5.32 Å². The van der Waals surface area contributed by atoms with E-state index < -0.39 is 0 Å². The molecule has 0 bridgehead atoms. The highest BCUT2D eigenvalue weighted by Gasteiger charge is 2.32. The Kier molecular flexibility index (Phi) is 3.87. The Morgan fingerprint density at radius 1 is 1.60 bits per heavy atom. The van der Waals surface area contributed by atoms with Gasteiger partial charge in [-0.25, -0.2) is 4.98 Å². The largest absolute Gasteiger partial charge is 0.370 e. The molecule has 2 aliphatic rings. The van der Waals surface area contributed by atoms with Gasteiger partial charge in [0, 0.05) is 44.6 Å². The molecule has 2 heterocycles. The molecule has 1 amide bonds. The first-order chi connectivity index (χ1) is 9.74. The van der Waals surface area contributed by atoms with Crippen molar-refractivity contribution in [2.75, 3.05) is 13.2 Å². The number of aryl methyl sites for hydroxylation is 1. The SMILES string of the molecule is Cn1ccnc1[C@@H]1OCC[C@H]1CNC(=O)C=C1CCC1. The van der Waals surface area contributed by atoms with Crippen molar-refractivity contribution < 1.29 is 9.53 Å². The zero-order valence-electron chi connectivity index (χ0n) is 11.8. The van der Waals surface area contributed by atoms with Gasteiger partial charge in [-0.2, -0.15) is 0 Å². The lowest BCUT2D eigenvalue weighted by Crippen LogP contribution is -2.30. The van der Waals surface area contributed by atoms with Gasteiger partial charge in [0.2, 0.25) is 5.91 Å². The van der Waals surface area contributed by atoms with E-state index in [2.05, 4.69) is 10.3 Å². The number of nitrogens with one attached hydrogen (secondary N) is 1. The van der Waals surface area contributed by atoms with Crippen LogP contribution >= 0.6 is 0 Å². The van der Waals surface area contributed by atoms with Gasteiger partial charge in [0.15, 0.2) is 0 Å². The number of aromatic nitrogens is 2. The second-order valence-corrected chi connectivity index (χ2v) is 5.64. The molecule has 0 spiro atoms. The van der Waals surface area contributed by atoms with Crippen LogP contribution in [0.25, 0.3) is 0 Å². The molecule has 1 aromatic rings. The van der Waals surface area contributed by atoms with Crippen LogP contribution in [-0.4, -0.2) is 28.6 Å². The summed E-state index contributed by atoms with van der Waals surface area (Å²) in [5.41, 5.74) is 1.27. The van der Waals surface area contributed by atoms with Crippen LogP contribution in [0, 0.1) is 5.92 Å². The zero-order valence-corrected chi connectivity index (χ0v) is 11.8. The number of amides is 1. The van der Waals surface area contributed by atoms with Crippen molar-refractivity contribution in [3.05, 3.63) is 29.9 Å². The van der Waals surface area contributed by atoms with Crippen molar-refractivity contribution in [3.8, 4) is 0 Å². The first-order valence-electron chi connectivity index (χ1n) is 7.30. The smallest absolute Gasteiger partial charge is 0.243 e. The van der Waals surface area contributed by atoms with Gasteiger partial charge in [-0.15, -0.1) is 0 Å². The molecule has 0 unspecified atom stereocenters. The minimum absolute atomic E-state index is 0.00773.